The first-order valence-corrected chi connectivity index (χ1v) is 7.12. The van der Waals surface area contributed by atoms with Gasteiger partial charge in [0, 0.05) is 18.0 Å². The van der Waals surface area contributed by atoms with Gasteiger partial charge in [-0.2, -0.15) is 0 Å². The number of hydrogen-bond acceptors (Lipinski definition) is 5. The third-order valence-corrected chi connectivity index (χ3v) is 3.32. The van der Waals surface area contributed by atoms with Crippen molar-refractivity contribution in [2.45, 2.75) is 11.9 Å². The smallest absolute Gasteiger partial charge is 0.257 e. The number of aromatic nitrogens is 2. The number of methoxy groups -OCH3 is 1. The first kappa shape index (κ1) is 14.3. The topological polar surface area (TPSA) is 64.1 Å². The van der Waals surface area contributed by atoms with Crippen LogP contribution in [-0.2, 0) is 0 Å². The number of amides is 1. The van der Waals surface area contributed by atoms with Crippen molar-refractivity contribution in [3.8, 4) is 5.75 Å². The van der Waals surface area contributed by atoms with Crippen molar-refractivity contribution in [2.75, 3.05) is 18.2 Å². The van der Waals surface area contributed by atoms with Gasteiger partial charge in [0.1, 0.15) is 0 Å². The van der Waals surface area contributed by atoms with Crippen LogP contribution >= 0.6 is 11.8 Å². The van der Waals surface area contributed by atoms with E-state index in [0.717, 1.165) is 10.8 Å². The molecule has 0 aliphatic rings. The summed E-state index contributed by atoms with van der Waals surface area (Å²) < 4.78 is 5.15. The summed E-state index contributed by atoms with van der Waals surface area (Å²) in [4.78, 5) is 20.5. The quantitative estimate of drug-likeness (QED) is 0.857. The first-order valence-electron chi connectivity index (χ1n) is 6.13. The lowest BCUT2D eigenvalue weighted by Gasteiger charge is -2.09. The molecule has 5 nitrogen and oxygen atoms in total. The highest BCUT2D eigenvalue weighted by Crippen LogP contribution is 2.21. The Labute approximate surface area is 121 Å². The zero-order valence-electron chi connectivity index (χ0n) is 11.3. The van der Waals surface area contributed by atoms with Crippen LogP contribution in [0.2, 0.25) is 0 Å². The zero-order chi connectivity index (χ0) is 14.4. The SMILES string of the molecule is CCSc1cc(C(=O)Nc2ncccc2OC)ccn1. The van der Waals surface area contributed by atoms with Crippen LogP contribution in [0.25, 0.3) is 0 Å². The molecule has 1 N–H and O–H groups in total. The molecule has 2 heterocycles. The highest BCUT2D eigenvalue weighted by Gasteiger charge is 2.11. The number of ether oxygens (including phenoxy) is 1. The highest BCUT2D eigenvalue weighted by molar-refractivity contribution is 7.99. The van der Waals surface area contributed by atoms with Crippen molar-refractivity contribution in [3.05, 3.63) is 42.2 Å². The van der Waals surface area contributed by atoms with Gasteiger partial charge in [-0.25, -0.2) is 9.97 Å². The molecule has 104 valence electrons. The average molecular weight is 289 g/mol. The molecule has 0 aromatic carbocycles. The summed E-state index contributed by atoms with van der Waals surface area (Å²) >= 11 is 1.59. The number of nitrogens with zero attached hydrogens (tertiary/aromatic N) is 2. The molecule has 2 aromatic heterocycles. The summed E-state index contributed by atoms with van der Waals surface area (Å²) in [6.07, 6.45) is 3.23. The van der Waals surface area contributed by atoms with Gasteiger partial charge < -0.3 is 10.1 Å². The number of carbonyl (C=O) groups is 1. The van der Waals surface area contributed by atoms with Gasteiger partial charge in [-0.15, -0.1) is 11.8 Å². The minimum Gasteiger partial charge on any atom is -0.493 e. The van der Waals surface area contributed by atoms with Gasteiger partial charge >= 0.3 is 0 Å². The van der Waals surface area contributed by atoms with E-state index >= 15 is 0 Å². The number of nitrogens with one attached hydrogen (secondary N) is 1. The molecular formula is C14H15N3O2S. The molecule has 0 atom stereocenters. The van der Waals surface area contributed by atoms with E-state index in [2.05, 4.69) is 15.3 Å². The Kier molecular flexibility index (Phi) is 4.95. The molecule has 0 fully saturated rings. The van der Waals surface area contributed by atoms with E-state index in [-0.39, 0.29) is 5.91 Å². The Bertz CT molecular complexity index is 604. The van der Waals surface area contributed by atoms with Gasteiger partial charge in [0.05, 0.1) is 12.1 Å². The predicted octanol–water partition coefficient (Wildman–Crippen LogP) is 2.85. The maximum Gasteiger partial charge on any atom is 0.257 e. The van der Waals surface area contributed by atoms with Gasteiger partial charge in [0.2, 0.25) is 0 Å². The van der Waals surface area contributed by atoms with Gasteiger partial charge in [-0.1, -0.05) is 6.92 Å². The Morgan fingerprint density at radius 3 is 2.95 bits per heavy atom. The second-order valence-corrected chi connectivity index (χ2v) is 5.11. The minimum atomic E-state index is -0.234. The summed E-state index contributed by atoms with van der Waals surface area (Å²) in [6, 6.07) is 6.92. The maximum absolute atomic E-state index is 12.2. The summed E-state index contributed by atoms with van der Waals surface area (Å²) in [5.41, 5.74) is 0.545. The number of carbonyl (C=O) groups excluding carboxylic acids is 1. The summed E-state index contributed by atoms with van der Waals surface area (Å²) in [6.45, 7) is 2.04. The summed E-state index contributed by atoms with van der Waals surface area (Å²) in [7, 11) is 1.54. The van der Waals surface area contributed by atoms with E-state index in [1.165, 1.54) is 7.11 Å². The number of thioether (sulfide) groups is 1. The fourth-order valence-corrected chi connectivity index (χ4v) is 2.25. The predicted molar refractivity (Wildman–Crippen MR) is 79.4 cm³/mol. The normalized spacial score (nSPS) is 10.1. The molecule has 1 amide bonds. The molecule has 0 unspecified atom stereocenters. The Morgan fingerprint density at radius 1 is 1.35 bits per heavy atom. The Morgan fingerprint density at radius 2 is 2.20 bits per heavy atom. The minimum absolute atomic E-state index is 0.234. The zero-order valence-corrected chi connectivity index (χ0v) is 12.1. The number of rotatable bonds is 5. The van der Waals surface area contributed by atoms with Crippen LogP contribution in [0.5, 0.6) is 5.75 Å². The average Bonchev–Trinajstić information content (AvgIpc) is 2.48. The van der Waals surface area contributed by atoms with Gasteiger partial charge in [-0.05, 0) is 30.0 Å². The molecule has 0 saturated heterocycles. The highest BCUT2D eigenvalue weighted by atomic mass is 32.2. The van der Waals surface area contributed by atoms with Crippen LogP contribution in [-0.4, -0.2) is 28.7 Å². The van der Waals surface area contributed by atoms with Crippen molar-refractivity contribution in [2.24, 2.45) is 0 Å². The molecule has 6 heteroatoms. The van der Waals surface area contributed by atoms with E-state index in [1.54, 1.807) is 48.4 Å². The van der Waals surface area contributed by atoms with Crippen LogP contribution in [0.1, 0.15) is 17.3 Å². The maximum atomic E-state index is 12.2. The van der Waals surface area contributed by atoms with E-state index < -0.39 is 0 Å². The monoisotopic (exact) mass is 289 g/mol. The fourth-order valence-electron chi connectivity index (χ4n) is 1.61. The lowest BCUT2D eigenvalue weighted by molar-refractivity contribution is 0.102. The Hall–Kier alpha value is -2.08. The second kappa shape index (κ2) is 6.91. The molecule has 0 spiro atoms. The van der Waals surface area contributed by atoms with Crippen LogP contribution < -0.4 is 10.1 Å². The van der Waals surface area contributed by atoms with Crippen LogP contribution in [0.4, 0.5) is 5.82 Å². The van der Waals surface area contributed by atoms with E-state index in [4.69, 9.17) is 4.74 Å². The standard InChI is InChI=1S/C14H15N3O2S/c1-3-20-12-9-10(6-8-15-12)14(18)17-13-11(19-2)5-4-7-16-13/h4-9H,3H2,1-2H3,(H,16,17,18). The molecule has 0 aliphatic carbocycles. The largest absolute Gasteiger partial charge is 0.493 e. The second-order valence-electron chi connectivity index (χ2n) is 3.82. The molecule has 0 bridgehead atoms. The number of anilines is 1. The number of hydrogen-bond donors (Lipinski definition) is 1. The van der Waals surface area contributed by atoms with E-state index in [0.29, 0.717) is 17.1 Å². The summed E-state index contributed by atoms with van der Waals surface area (Å²) in [5.74, 6) is 1.61. The van der Waals surface area contributed by atoms with Crippen LogP contribution in [0, 0.1) is 0 Å². The molecule has 2 aromatic rings. The van der Waals surface area contributed by atoms with Crippen LogP contribution in [0.3, 0.4) is 0 Å². The van der Waals surface area contributed by atoms with Crippen molar-refractivity contribution >= 4 is 23.5 Å². The van der Waals surface area contributed by atoms with Crippen molar-refractivity contribution < 1.29 is 9.53 Å². The van der Waals surface area contributed by atoms with Crippen molar-refractivity contribution in [1.29, 1.82) is 0 Å². The molecule has 0 aliphatic heterocycles. The van der Waals surface area contributed by atoms with Gasteiger partial charge in [0.25, 0.3) is 5.91 Å². The molecular weight excluding hydrogens is 274 g/mol. The van der Waals surface area contributed by atoms with Gasteiger partial charge in [-0.3, -0.25) is 4.79 Å². The molecule has 0 radical (unpaired) electrons. The molecule has 20 heavy (non-hydrogen) atoms. The lowest BCUT2D eigenvalue weighted by atomic mass is 10.2. The third-order valence-electron chi connectivity index (χ3n) is 2.51. The first-order chi connectivity index (χ1) is 9.74. The Balaban J connectivity index is 2.17. The molecule has 2 rings (SSSR count). The number of pyridine rings is 2. The van der Waals surface area contributed by atoms with Crippen molar-refractivity contribution in [3.63, 3.8) is 0 Å². The fraction of sp³-hybridized carbons (Fsp3) is 0.214. The van der Waals surface area contributed by atoms with Crippen molar-refractivity contribution in [1.82, 2.24) is 9.97 Å². The summed E-state index contributed by atoms with van der Waals surface area (Å²) in [5, 5.41) is 3.56. The van der Waals surface area contributed by atoms with E-state index in [1.807, 2.05) is 6.92 Å². The third kappa shape index (κ3) is 3.48. The van der Waals surface area contributed by atoms with Crippen LogP contribution in [0.15, 0.2) is 41.7 Å². The van der Waals surface area contributed by atoms with E-state index in [9.17, 15) is 4.79 Å². The molecule has 0 saturated carbocycles. The van der Waals surface area contributed by atoms with Gasteiger partial charge in [0.15, 0.2) is 11.6 Å². The lowest BCUT2D eigenvalue weighted by Crippen LogP contribution is -2.14.